The number of nitrogens with one attached hydrogen (secondary N) is 2. The summed E-state index contributed by atoms with van der Waals surface area (Å²) in [5.41, 5.74) is 20.5. The van der Waals surface area contributed by atoms with E-state index in [1.807, 2.05) is 48.5 Å². The number of para-hydroxylation sites is 1. The van der Waals surface area contributed by atoms with Crippen LogP contribution in [-0.4, -0.2) is 62.1 Å². The van der Waals surface area contributed by atoms with E-state index in [0.717, 1.165) is 47.4 Å². The van der Waals surface area contributed by atoms with Crippen LogP contribution in [0.4, 0.5) is 24.5 Å². The zero-order valence-electron chi connectivity index (χ0n) is 25.1. The second-order valence-electron chi connectivity index (χ2n) is 11.3. The summed E-state index contributed by atoms with van der Waals surface area (Å²) in [4.78, 5) is 31.0. The summed E-state index contributed by atoms with van der Waals surface area (Å²) < 4.78 is 39.9. The molecule has 4 aromatic rings. The second kappa shape index (κ2) is 14.6. The molecular weight excluding hydrogens is 583 g/mol. The minimum Gasteiger partial charge on any atom is -0.343 e. The summed E-state index contributed by atoms with van der Waals surface area (Å²) in [6.45, 7) is 2.44. The van der Waals surface area contributed by atoms with Gasteiger partial charge in [-0.2, -0.15) is 13.2 Å². The minimum atomic E-state index is -4.50. The van der Waals surface area contributed by atoms with E-state index in [1.165, 1.54) is 18.3 Å². The predicted octanol–water partition coefficient (Wildman–Crippen LogP) is 3.34. The standard InChI is InChI=1S/C33H38F3N7O2/c1-43(16-14-37,17-15-38)27-12-8-22(9-13-27)18-28(39)31(44)42-30(19-23-6-10-25(11-7-23)33(34,35)36)32(45)41-26-20-24-4-2-3-5-29(24)40-21-26/h2-13,20-21,28,30H,14-19,37-39H2,1H3,(H-,41,42,44,45)/p+1/t28-,30-/m0/s1. The van der Waals surface area contributed by atoms with Crippen LogP contribution in [0.3, 0.4) is 0 Å². The molecular formula is C33H39F3N7O2+. The Kier molecular flexibility index (Phi) is 10.9. The number of amides is 2. The maximum absolute atomic E-state index is 13.4. The molecule has 0 radical (unpaired) electrons. The Labute approximate surface area is 260 Å². The van der Waals surface area contributed by atoms with Gasteiger partial charge in [0.1, 0.15) is 11.7 Å². The average Bonchev–Trinajstić information content (AvgIpc) is 3.01. The summed E-state index contributed by atoms with van der Waals surface area (Å²) >= 11 is 0. The molecule has 0 aliphatic heterocycles. The van der Waals surface area contributed by atoms with E-state index in [9.17, 15) is 22.8 Å². The smallest absolute Gasteiger partial charge is 0.343 e. The van der Waals surface area contributed by atoms with E-state index >= 15 is 0 Å². The first-order chi connectivity index (χ1) is 21.4. The molecule has 238 valence electrons. The van der Waals surface area contributed by atoms with Gasteiger partial charge in [0.15, 0.2) is 0 Å². The van der Waals surface area contributed by atoms with Crippen LogP contribution in [-0.2, 0) is 28.6 Å². The number of hydrogen-bond acceptors (Lipinski definition) is 6. The van der Waals surface area contributed by atoms with Crippen LogP contribution in [0, 0.1) is 0 Å². The first-order valence-electron chi connectivity index (χ1n) is 14.6. The molecule has 45 heavy (non-hydrogen) atoms. The average molecular weight is 623 g/mol. The van der Waals surface area contributed by atoms with Crippen molar-refractivity contribution in [2.75, 3.05) is 38.5 Å². The van der Waals surface area contributed by atoms with Gasteiger partial charge in [-0.25, -0.2) is 0 Å². The summed E-state index contributed by atoms with van der Waals surface area (Å²) in [6.07, 6.45) is -2.86. The quantitative estimate of drug-likeness (QED) is 0.145. The van der Waals surface area contributed by atoms with Crippen LogP contribution >= 0.6 is 0 Å². The van der Waals surface area contributed by atoms with Gasteiger partial charge < -0.3 is 27.8 Å². The van der Waals surface area contributed by atoms with Crippen LogP contribution in [0.25, 0.3) is 10.9 Å². The van der Waals surface area contributed by atoms with Crippen LogP contribution in [0.5, 0.6) is 0 Å². The normalized spacial score (nSPS) is 13.3. The molecule has 0 fully saturated rings. The van der Waals surface area contributed by atoms with Crippen molar-refractivity contribution in [1.82, 2.24) is 14.8 Å². The van der Waals surface area contributed by atoms with Gasteiger partial charge in [0.2, 0.25) is 11.8 Å². The molecule has 2 atom stereocenters. The molecule has 4 rings (SSSR count). The highest BCUT2D eigenvalue weighted by atomic mass is 19.4. The molecule has 0 aliphatic rings. The molecule has 0 saturated carbocycles. The number of hydrogen-bond donors (Lipinski definition) is 5. The Hall–Kier alpha value is -4.36. The molecule has 9 nitrogen and oxygen atoms in total. The van der Waals surface area contributed by atoms with Gasteiger partial charge >= 0.3 is 6.18 Å². The van der Waals surface area contributed by atoms with E-state index in [0.29, 0.717) is 28.8 Å². The number of quaternary nitrogens is 1. The number of benzene rings is 3. The molecule has 1 aromatic heterocycles. The van der Waals surface area contributed by atoms with Gasteiger partial charge in [-0.1, -0.05) is 42.5 Å². The number of likely N-dealkylation sites (N-methyl/N-ethyl adjacent to an activating group) is 1. The van der Waals surface area contributed by atoms with E-state index in [4.69, 9.17) is 17.2 Å². The number of carbonyl (C=O) groups is 2. The molecule has 2 amide bonds. The summed E-state index contributed by atoms with van der Waals surface area (Å²) in [5, 5.41) is 6.28. The van der Waals surface area contributed by atoms with Crippen molar-refractivity contribution in [3.05, 3.63) is 102 Å². The minimum absolute atomic E-state index is 0.0586. The molecule has 0 bridgehead atoms. The van der Waals surface area contributed by atoms with Crippen molar-refractivity contribution < 1.29 is 22.8 Å². The van der Waals surface area contributed by atoms with Crippen LogP contribution < -0.4 is 32.3 Å². The zero-order chi connectivity index (χ0) is 32.6. The highest BCUT2D eigenvalue weighted by Gasteiger charge is 2.31. The van der Waals surface area contributed by atoms with Crippen LogP contribution in [0.1, 0.15) is 16.7 Å². The van der Waals surface area contributed by atoms with Gasteiger partial charge in [0.05, 0.1) is 49.1 Å². The Balaban J connectivity index is 1.49. The van der Waals surface area contributed by atoms with Crippen LogP contribution in [0.2, 0.25) is 0 Å². The molecule has 1 heterocycles. The molecule has 12 heteroatoms. The highest BCUT2D eigenvalue weighted by molar-refractivity contribution is 5.99. The second-order valence-corrected chi connectivity index (χ2v) is 11.3. The lowest BCUT2D eigenvalue weighted by atomic mass is 10.0. The number of carbonyl (C=O) groups excluding carboxylic acids is 2. The molecule has 8 N–H and O–H groups in total. The first-order valence-corrected chi connectivity index (χ1v) is 14.6. The Bertz CT molecular complexity index is 1590. The lowest BCUT2D eigenvalue weighted by Gasteiger charge is -2.33. The number of alkyl halides is 3. The fourth-order valence-electron chi connectivity index (χ4n) is 5.20. The number of anilines is 1. The summed E-state index contributed by atoms with van der Waals surface area (Å²) in [7, 11) is 2.06. The fraction of sp³-hybridized carbons (Fsp3) is 0.303. The third-order valence-corrected chi connectivity index (χ3v) is 7.81. The van der Waals surface area contributed by atoms with Crippen molar-refractivity contribution >= 4 is 34.1 Å². The maximum atomic E-state index is 13.4. The fourth-order valence-corrected chi connectivity index (χ4v) is 5.20. The van der Waals surface area contributed by atoms with Crippen molar-refractivity contribution in [3.63, 3.8) is 0 Å². The lowest BCUT2D eigenvalue weighted by molar-refractivity contribution is -0.137. The molecule has 0 saturated heterocycles. The number of halogens is 3. The number of fused-ring (bicyclic) bond motifs is 1. The molecule has 0 unspecified atom stereocenters. The van der Waals surface area contributed by atoms with Crippen molar-refractivity contribution in [3.8, 4) is 0 Å². The van der Waals surface area contributed by atoms with Gasteiger partial charge in [-0.05, 0) is 53.9 Å². The maximum Gasteiger partial charge on any atom is 0.416 e. The Morgan fingerprint density at radius 2 is 1.47 bits per heavy atom. The van der Waals surface area contributed by atoms with Crippen molar-refractivity contribution in [1.29, 1.82) is 0 Å². The van der Waals surface area contributed by atoms with Crippen molar-refractivity contribution in [2.45, 2.75) is 31.1 Å². The van der Waals surface area contributed by atoms with Crippen molar-refractivity contribution in [2.24, 2.45) is 17.2 Å². The number of rotatable bonds is 13. The lowest BCUT2D eigenvalue weighted by Crippen LogP contribution is -2.51. The van der Waals surface area contributed by atoms with Gasteiger partial charge in [-0.15, -0.1) is 0 Å². The SMILES string of the molecule is C[N+](CCN)(CCN)c1ccc(C[C@H](N)C(=O)N[C@@H](Cc2ccc(C(F)(F)F)cc2)C(=O)Nc2cnc3ccccc3c2)cc1. The van der Waals surface area contributed by atoms with Gasteiger partial charge in [0, 0.05) is 24.9 Å². The Morgan fingerprint density at radius 1 is 0.867 bits per heavy atom. The van der Waals surface area contributed by atoms with Crippen LogP contribution in [0.15, 0.2) is 85.1 Å². The Morgan fingerprint density at radius 3 is 2.09 bits per heavy atom. The predicted molar refractivity (Wildman–Crippen MR) is 171 cm³/mol. The number of nitrogens with two attached hydrogens (primary N) is 3. The zero-order valence-corrected chi connectivity index (χ0v) is 25.1. The monoisotopic (exact) mass is 622 g/mol. The molecule has 3 aromatic carbocycles. The van der Waals surface area contributed by atoms with E-state index in [1.54, 1.807) is 6.07 Å². The van der Waals surface area contributed by atoms with E-state index in [-0.39, 0.29) is 12.8 Å². The van der Waals surface area contributed by atoms with Gasteiger partial charge in [0.25, 0.3) is 0 Å². The number of nitrogens with zero attached hydrogens (tertiary/aromatic N) is 2. The summed E-state index contributed by atoms with van der Waals surface area (Å²) in [6, 6.07) is 19.2. The summed E-state index contributed by atoms with van der Waals surface area (Å²) in [5.74, 6) is -1.14. The molecule has 0 spiro atoms. The van der Waals surface area contributed by atoms with E-state index < -0.39 is 35.6 Å². The third kappa shape index (κ3) is 8.85. The third-order valence-electron chi connectivity index (χ3n) is 7.81. The molecule has 0 aliphatic carbocycles. The topological polar surface area (TPSA) is 149 Å². The highest BCUT2D eigenvalue weighted by Crippen LogP contribution is 2.29. The first kappa shape index (κ1) is 33.5. The number of pyridine rings is 1. The number of aromatic nitrogens is 1. The largest absolute Gasteiger partial charge is 0.416 e. The van der Waals surface area contributed by atoms with Gasteiger partial charge in [-0.3, -0.25) is 19.1 Å². The van der Waals surface area contributed by atoms with E-state index in [2.05, 4.69) is 22.7 Å².